The molecule has 21 heavy (non-hydrogen) atoms. The zero-order valence-corrected chi connectivity index (χ0v) is 11.6. The van der Waals surface area contributed by atoms with Crippen LogP contribution in [0.2, 0.25) is 0 Å². The Morgan fingerprint density at radius 3 is 2.76 bits per heavy atom. The first-order chi connectivity index (χ1) is 10.1. The Morgan fingerprint density at radius 2 is 2.05 bits per heavy atom. The van der Waals surface area contributed by atoms with Gasteiger partial charge in [0.15, 0.2) is 0 Å². The number of rotatable bonds is 3. The molecule has 0 atom stereocenters. The predicted octanol–water partition coefficient (Wildman–Crippen LogP) is 3.12. The summed E-state index contributed by atoms with van der Waals surface area (Å²) in [5, 5.41) is 4.16. The Kier molecular flexibility index (Phi) is 2.24. The van der Waals surface area contributed by atoms with Crippen LogP contribution in [0, 0.1) is 6.92 Å². The third kappa shape index (κ3) is 1.66. The Morgan fingerprint density at radius 1 is 1.19 bits per heavy atom. The van der Waals surface area contributed by atoms with Gasteiger partial charge in [-0.15, -0.1) is 0 Å². The van der Waals surface area contributed by atoms with Crippen molar-refractivity contribution in [3.63, 3.8) is 0 Å². The number of nitrogens with one attached hydrogen (secondary N) is 5. The second-order valence-corrected chi connectivity index (χ2v) is 5.21. The molecule has 7 N–H and O–H groups in total. The first kappa shape index (κ1) is 11.8. The van der Waals surface area contributed by atoms with E-state index in [4.69, 9.17) is 5.73 Å². The van der Waals surface area contributed by atoms with Gasteiger partial charge in [-0.3, -0.25) is 0 Å². The number of anilines is 1. The van der Waals surface area contributed by atoms with Gasteiger partial charge in [-0.1, -0.05) is 6.58 Å². The number of nitrogens with two attached hydrogens (primary N) is 1. The van der Waals surface area contributed by atoms with E-state index in [0.717, 1.165) is 44.8 Å². The third-order valence-electron chi connectivity index (χ3n) is 3.76. The summed E-state index contributed by atoms with van der Waals surface area (Å²) >= 11 is 0. The van der Waals surface area contributed by atoms with Gasteiger partial charge in [-0.25, -0.2) is 0 Å². The minimum atomic E-state index is 0.416. The molecule has 4 aromatic heterocycles. The second kappa shape index (κ2) is 3.99. The lowest BCUT2D eigenvalue weighted by atomic mass is 10.2. The van der Waals surface area contributed by atoms with Crippen LogP contribution in [-0.2, 0) is 0 Å². The molecule has 4 heterocycles. The topological polar surface area (TPSA) is 101 Å². The lowest BCUT2D eigenvalue weighted by Gasteiger charge is -2.02. The van der Waals surface area contributed by atoms with E-state index in [1.165, 1.54) is 0 Å². The molecule has 0 aliphatic heterocycles. The molecule has 6 heteroatoms. The lowest BCUT2D eigenvalue weighted by molar-refractivity contribution is 1.27. The van der Waals surface area contributed by atoms with Crippen molar-refractivity contribution in [3.8, 4) is 11.4 Å². The standard InChI is InChI=1S/C15H16N6/c1-7-12-13(21-14(7)18-8(2)16)9-6-11(19-15(9)20-12)10-4-3-5-17-10/h3-6,17-21H,2,16H2,1H3. The molecule has 0 unspecified atom stereocenters. The predicted molar refractivity (Wildman–Crippen MR) is 86.0 cm³/mol. The van der Waals surface area contributed by atoms with Crippen LogP contribution >= 0.6 is 0 Å². The molecule has 0 aromatic carbocycles. The summed E-state index contributed by atoms with van der Waals surface area (Å²) in [5.41, 5.74) is 11.9. The average molecular weight is 280 g/mol. The molecule has 0 amide bonds. The zero-order valence-electron chi connectivity index (χ0n) is 11.6. The van der Waals surface area contributed by atoms with Crippen LogP contribution < -0.4 is 11.1 Å². The summed E-state index contributed by atoms with van der Waals surface area (Å²) < 4.78 is 0. The fraction of sp³-hybridized carbons (Fsp3) is 0.0667. The number of H-pyrrole nitrogens is 4. The number of fused-ring (bicyclic) bond motifs is 3. The molecule has 0 saturated heterocycles. The van der Waals surface area contributed by atoms with Crippen molar-refractivity contribution in [1.82, 2.24) is 19.9 Å². The summed E-state index contributed by atoms with van der Waals surface area (Å²) in [6, 6.07) is 6.14. The van der Waals surface area contributed by atoms with Crippen molar-refractivity contribution in [2.24, 2.45) is 5.73 Å². The van der Waals surface area contributed by atoms with Crippen molar-refractivity contribution in [2.45, 2.75) is 6.92 Å². The molecule has 0 saturated carbocycles. The molecule has 106 valence electrons. The summed E-state index contributed by atoms with van der Waals surface area (Å²) in [4.78, 5) is 13.4. The first-order valence-electron chi connectivity index (χ1n) is 6.71. The van der Waals surface area contributed by atoms with E-state index in [0.29, 0.717) is 5.82 Å². The molecule has 0 spiro atoms. The van der Waals surface area contributed by atoms with E-state index in [9.17, 15) is 0 Å². The molecule has 0 aliphatic rings. The van der Waals surface area contributed by atoms with E-state index < -0.39 is 0 Å². The molecule has 0 fully saturated rings. The van der Waals surface area contributed by atoms with Gasteiger partial charge in [0.05, 0.1) is 28.2 Å². The zero-order chi connectivity index (χ0) is 14.6. The second-order valence-electron chi connectivity index (χ2n) is 5.21. The fourth-order valence-corrected chi connectivity index (χ4v) is 2.76. The van der Waals surface area contributed by atoms with Gasteiger partial charge < -0.3 is 31.0 Å². The molecule has 0 bridgehead atoms. The number of aryl methyl sites for hydroxylation is 1. The Labute approximate surface area is 120 Å². The van der Waals surface area contributed by atoms with Gasteiger partial charge in [0.2, 0.25) is 0 Å². The van der Waals surface area contributed by atoms with Crippen molar-refractivity contribution in [1.29, 1.82) is 0 Å². The van der Waals surface area contributed by atoms with E-state index in [-0.39, 0.29) is 0 Å². The van der Waals surface area contributed by atoms with Gasteiger partial charge >= 0.3 is 0 Å². The quantitative estimate of drug-likeness (QED) is 0.347. The van der Waals surface area contributed by atoms with Crippen LogP contribution in [0.5, 0.6) is 0 Å². The summed E-state index contributed by atoms with van der Waals surface area (Å²) in [7, 11) is 0. The Balaban J connectivity index is 1.91. The summed E-state index contributed by atoms with van der Waals surface area (Å²) in [6.07, 6.45) is 1.91. The minimum absolute atomic E-state index is 0.416. The van der Waals surface area contributed by atoms with Crippen LogP contribution in [0.1, 0.15) is 5.56 Å². The molecule has 4 rings (SSSR count). The Hall–Kier alpha value is -3.02. The summed E-state index contributed by atoms with van der Waals surface area (Å²) in [6.45, 7) is 5.71. The number of aromatic nitrogens is 4. The van der Waals surface area contributed by atoms with Gasteiger partial charge in [-0.05, 0) is 25.1 Å². The highest BCUT2D eigenvalue weighted by atomic mass is 15.1. The lowest BCUT2D eigenvalue weighted by Crippen LogP contribution is -2.07. The normalized spacial score (nSPS) is 11.5. The van der Waals surface area contributed by atoms with Gasteiger partial charge in [0.1, 0.15) is 11.5 Å². The maximum absolute atomic E-state index is 5.62. The van der Waals surface area contributed by atoms with Crippen molar-refractivity contribution in [2.75, 3.05) is 5.32 Å². The van der Waals surface area contributed by atoms with Crippen molar-refractivity contribution < 1.29 is 0 Å². The highest BCUT2D eigenvalue weighted by Gasteiger charge is 2.15. The Bertz CT molecular complexity index is 948. The SMILES string of the molecule is C=C(N)Nc1[nH]c2c([nH]c3[nH]c(-c4ccc[nH]4)cc32)c1C. The molecular weight excluding hydrogens is 264 g/mol. The molecule has 0 radical (unpaired) electrons. The maximum atomic E-state index is 5.62. The van der Waals surface area contributed by atoms with Crippen LogP contribution in [-0.4, -0.2) is 19.9 Å². The van der Waals surface area contributed by atoms with Crippen molar-refractivity contribution >= 4 is 27.9 Å². The van der Waals surface area contributed by atoms with E-state index >= 15 is 0 Å². The third-order valence-corrected chi connectivity index (χ3v) is 3.76. The largest absolute Gasteiger partial charge is 0.386 e. The fourth-order valence-electron chi connectivity index (χ4n) is 2.76. The smallest absolute Gasteiger partial charge is 0.117 e. The monoisotopic (exact) mass is 280 g/mol. The first-order valence-corrected chi connectivity index (χ1v) is 6.71. The maximum Gasteiger partial charge on any atom is 0.117 e. The van der Waals surface area contributed by atoms with Crippen LogP contribution in [0.4, 0.5) is 5.82 Å². The highest BCUT2D eigenvalue weighted by Crippen LogP contribution is 2.33. The number of hydrogen-bond acceptors (Lipinski definition) is 2. The van der Waals surface area contributed by atoms with E-state index in [2.05, 4.69) is 37.9 Å². The molecule has 0 aliphatic carbocycles. The van der Waals surface area contributed by atoms with Gasteiger partial charge in [0, 0.05) is 17.1 Å². The highest BCUT2D eigenvalue weighted by molar-refractivity contribution is 6.08. The number of aromatic amines is 4. The van der Waals surface area contributed by atoms with Gasteiger partial charge in [0.25, 0.3) is 0 Å². The summed E-state index contributed by atoms with van der Waals surface area (Å²) in [5.74, 6) is 1.28. The van der Waals surface area contributed by atoms with Crippen LogP contribution in [0.3, 0.4) is 0 Å². The van der Waals surface area contributed by atoms with Crippen LogP contribution in [0.25, 0.3) is 33.5 Å². The molecule has 4 aromatic rings. The average Bonchev–Trinajstić information content (AvgIpc) is 3.14. The van der Waals surface area contributed by atoms with Gasteiger partial charge in [-0.2, -0.15) is 0 Å². The van der Waals surface area contributed by atoms with Crippen LogP contribution in [0.15, 0.2) is 36.8 Å². The molecule has 6 nitrogen and oxygen atoms in total. The minimum Gasteiger partial charge on any atom is -0.386 e. The van der Waals surface area contributed by atoms with E-state index in [1.54, 1.807) is 0 Å². The van der Waals surface area contributed by atoms with Crippen molar-refractivity contribution in [3.05, 3.63) is 42.4 Å². The number of hydrogen-bond donors (Lipinski definition) is 6. The van der Waals surface area contributed by atoms with E-state index in [1.807, 2.05) is 25.3 Å². The molecular formula is C15H16N6.